The lowest BCUT2D eigenvalue weighted by atomic mass is 9.92. The molecule has 2 aromatic heterocycles. The van der Waals surface area contributed by atoms with Gasteiger partial charge in [-0.1, -0.05) is 50.6 Å². The van der Waals surface area contributed by atoms with Crippen molar-refractivity contribution in [2.24, 2.45) is 0 Å². The fraction of sp³-hybridized carbons (Fsp3) is 0.429. The number of nitrogens with one attached hydrogen (secondary N) is 1. The van der Waals surface area contributed by atoms with E-state index in [1.165, 1.54) is 5.56 Å². The van der Waals surface area contributed by atoms with Crippen LogP contribution in [0.15, 0.2) is 36.5 Å². The maximum Gasteiger partial charge on any atom is 0.165 e. The van der Waals surface area contributed by atoms with E-state index in [9.17, 15) is 0 Å². The molecule has 3 rings (SSSR count). The van der Waals surface area contributed by atoms with Crippen molar-refractivity contribution < 1.29 is 0 Å². The van der Waals surface area contributed by atoms with Gasteiger partial charge in [-0.3, -0.25) is 0 Å². The molecular formula is C21H29N5. The van der Waals surface area contributed by atoms with Crippen LogP contribution >= 0.6 is 0 Å². The highest BCUT2D eigenvalue weighted by atomic mass is 15.3. The van der Waals surface area contributed by atoms with E-state index < -0.39 is 0 Å². The monoisotopic (exact) mass is 351 g/mol. The summed E-state index contributed by atoms with van der Waals surface area (Å²) >= 11 is 0. The van der Waals surface area contributed by atoms with Crippen LogP contribution < -0.4 is 5.32 Å². The Morgan fingerprint density at radius 1 is 1.12 bits per heavy atom. The molecule has 0 unspecified atom stereocenters. The van der Waals surface area contributed by atoms with Crippen molar-refractivity contribution in [3.63, 3.8) is 0 Å². The van der Waals surface area contributed by atoms with Crippen molar-refractivity contribution in [1.82, 2.24) is 19.5 Å². The third kappa shape index (κ3) is 3.88. The van der Waals surface area contributed by atoms with Crippen molar-refractivity contribution in [2.75, 3.05) is 32.5 Å². The molecule has 3 aromatic rings. The lowest BCUT2D eigenvalue weighted by molar-refractivity contribution is 0.425. The second-order valence-corrected chi connectivity index (χ2v) is 8.17. The highest BCUT2D eigenvalue weighted by molar-refractivity contribution is 5.78. The van der Waals surface area contributed by atoms with E-state index in [4.69, 9.17) is 4.98 Å². The minimum absolute atomic E-state index is 0.0332. The highest BCUT2D eigenvalue weighted by Crippen LogP contribution is 2.29. The molecule has 0 aliphatic rings. The van der Waals surface area contributed by atoms with Crippen LogP contribution in [0.3, 0.4) is 0 Å². The van der Waals surface area contributed by atoms with Gasteiger partial charge in [0, 0.05) is 30.1 Å². The first-order valence-corrected chi connectivity index (χ1v) is 9.10. The van der Waals surface area contributed by atoms with E-state index in [1.54, 1.807) is 0 Å². The Morgan fingerprint density at radius 2 is 1.81 bits per heavy atom. The average molecular weight is 351 g/mol. The van der Waals surface area contributed by atoms with Gasteiger partial charge in [-0.2, -0.15) is 9.61 Å². The van der Waals surface area contributed by atoms with Gasteiger partial charge >= 0.3 is 0 Å². The number of fused-ring (bicyclic) bond motifs is 1. The number of benzene rings is 1. The normalized spacial score (nSPS) is 12.1. The number of anilines is 1. The SMILES string of the molecule is Cc1ccc(-c2cnn3c(NCCN(C)C)cc(C(C)(C)C)nc23)cc1. The Morgan fingerprint density at radius 3 is 2.42 bits per heavy atom. The first kappa shape index (κ1) is 18.4. The van der Waals surface area contributed by atoms with Crippen LogP contribution in [0.5, 0.6) is 0 Å². The summed E-state index contributed by atoms with van der Waals surface area (Å²) in [6.07, 6.45) is 1.91. The summed E-state index contributed by atoms with van der Waals surface area (Å²) in [5.74, 6) is 0.986. The van der Waals surface area contributed by atoms with Crippen LogP contribution in [-0.2, 0) is 5.41 Å². The lowest BCUT2D eigenvalue weighted by Crippen LogP contribution is -2.22. The second kappa shape index (κ2) is 7.08. The number of hydrogen-bond donors (Lipinski definition) is 1. The van der Waals surface area contributed by atoms with Gasteiger partial charge in [0.2, 0.25) is 0 Å². The molecule has 0 amide bonds. The Bertz CT molecular complexity index is 885. The van der Waals surface area contributed by atoms with Gasteiger partial charge in [-0.25, -0.2) is 4.98 Å². The van der Waals surface area contributed by atoms with Crippen molar-refractivity contribution in [2.45, 2.75) is 33.1 Å². The summed E-state index contributed by atoms with van der Waals surface area (Å²) in [7, 11) is 4.15. The molecular weight excluding hydrogens is 322 g/mol. The molecule has 0 bridgehead atoms. The summed E-state index contributed by atoms with van der Waals surface area (Å²) < 4.78 is 1.92. The van der Waals surface area contributed by atoms with Crippen LogP contribution in [0.25, 0.3) is 16.8 Å². The summed E-state index contributed by atoms with van der Waals surface area (Å²) in [5.41, 5.74) is 5.38. The third-order valence-corrected chi connectivity index (χ3v) is 4.47. The molecule has 0 aliphatic heterocycles. The molecule has 0 atom stereocenters. The quantitative estimate of drug-likeness (QED) is 0.755. The van der Waals surface area contributed by atoms with E-state index in [0.717, 1.165) is 41.4 Å². The van der Waals surface area contributed by atoms with Crippen LogP contribution in [0.2, 0.25) is 0 Å². The molecule has 26 heavy (non-hydrogen) atoms. The summed E-state index contributed by atoms with van der Waals surface area (Å²) in [5, 5.41) is 8.14. The first-order chi connectivity index (χ1) is 12.3. The average Bonchev–Trinajstić information content (AvgIpc) is 2.98. The number of likely N-dealkylation sites (N-methyl/N-ethyl adjacent to an activating group) is 1. The smallest absolute Gasteiger partial charge is 0.165 e. The Labute approximate surface area is 156 Å². The maximum absolute atomic E-state index is 4.96. The van der Waals surface area contributed by atoms with E-state index in [2.05, 4.69) is 87.4 Å². The lowest BCUT2D eigenvalue weighted by Gasteiger charge is -2.20. The maximum atomic E-state index is 4.96. The zero-order chi connectivity index (χ0) is 18.9. The van der Waals surface area contributed by atoms with Gasteiger partial charge in [0.05, 0.1) is 11.9 Å². The van der Waals surface area contributed by atoms with E-state index in [0.29, 0.717) is 0 Å². The number of rotatable bonds is 5. The van der Waals surface area contributed by atoms with Gasteiger partial charge in [0.1, 0.15) is 5.82 Å². The summed E-state index contributed by atoms with van der Waals surface area (Å²) in [4.78, 5) is 7.12. The van der Waals surface area contributed by atoms with E-state index in [1.807, 2.05) is 10.7 Å². The molecule has 5 heteroatoms. The summed E-state index contributed by atoms with van der Waals surface area (Å²) in [6, 6.07) is 10.6. The number of nitrogens with zero attached hydrogens (tertiary/aromatic N) is 4. The number of aromatic nitrogens is 3. The largest absolute Gasteiger partial charge is 0.369 e. The van der Waals surface area contributed by atoms with Crippen molar-refractivity contribution in [3.8, 4) is 11.1 Å². The predicted octanol–water partition coefficient (Wildman–Crippen LogP) is 3.98. The predicted molar refractivity (Wildman–Crippen MR) is 109 cm³/mol. The topological polar surface area (TPSA) is 45.5 Å². The molecule has 0 aliphatic carbocycles. The standard InChI is InChI=1S/C21H29N5/c1-15-7-9-16(10-8-15)17-14-23-26-19(22-11-12-25(5)6)13-18(21(2,3)4)24-20(17)26/h7-10,13-14,22H,11-12H2,1-6H3. The molecule has 0 radical (unpaired) electrons. The van der Waals surface area contributed by atoms with Gasteiger partial charge in [-0.15, -0.1) is 0 Å². The van der Waals surface area contributed by atoms with Crippen molar-refractivity contribution >= 4 is 11.5 Å². The summed E-state index contributed by atoms with van der Waals surface area (Å²) in [6.45, 7) is 10.5. The van der Waals surface area contributed by atoms with Gasteiger partial charge in [0.25, 0.3) is 0 Å². The van der Waals surface area contributed by atoms with Gasteiger partial charge in [-0.05, 0) is 26.6 Å². The zero-order valence-corrected chi connectivity index (χ0v) is 16.7. The second-order valence-electron chi connectivity index (χ2n) is 8.17. The molecule has 138 valence electrons. The Balaban J connectivity index is 2.10. The molecule has 0 saturated heterocycles. The van der Waals surface area contributed by atoms with Crippen LogP contribution in [0.1, 0.15) is 32.0 Å². The van der Waals surface area contributed by atoms with Gasteiger partial charge < -0.3 is 10.2 Å². The molecule has 0 saturated carbocycles. The van der Waals surface area contributed by atoms with E-state index in [-0.39, 0.29) is 5.41 Å². The fourth-order valence-electron chi connectivity index (χ4n) is 2.82. The third-order valence-electron chi connectivity index (χ3n) is 4.47. The molecule has 0 spiro atoms. The minimum atomic E-state index is -0.0332. The molecule has 0 fully saturated rings. The number of aryl methyl sites for hydroxylation is 1. The molecule has 5 nitrogen and oxygen atoms in total. The van der Waals surface area contributed by atoms with Crippen molar-refractivity contribution in [1.29, 1.82) is 0 Å². The number of hydrogen-bond acceptors (Lipinski definition) is 4. The highest BCUT2D eigenvalue weighted by Gasteiger charge is 2.20. The Hall–Kier alpha value is -2.40. The fourth-order valence-corrected chi connectivity index (χ4v) is 2.82. The van der Waals surface area contributed by atoms with Crippen molar-refractivity contribution in [3.05, 3.63) is 47.8 Å². The first-order valence-electron chi connectivity index (χ1n) is 9.10. The minimum Gasteiger partial charge on any atom is -0.369 e. The zero-order valence-electron chi connectivity index (χ0n) is 16.7. The van der Waals surface area contributed by atoms with Crippen LogP contribution in [-0.4, -0.2) is 46.7 Å². The molecule has 1 aromatic carbocycles. The molecule has 2 heterocycles. The van der Waals surface area contributed by atoms with Gasteiger partial charge in [0.15, 0.2) is 5.65 Å². The van der Waals surface area contributed by atoms with E-state index >= 15 is 0 Å². The molecule has 1 N–H and O–H groups in total. The van der Waals surface area contributed by atoms with Crippen LogP contribution in [0, 0.1) is 6.92 Å². The van der Waals surface area contributed by atoms with Crippen LogP contribution in [0.4, 0.5) is 5.82 Å². The Kier molecular flexibility index (Phi) is 5.01.